The van der Waals surface area contributed by atoms with Gasteiger partial charge in [-0.2, -0.15) is 5.10 Å². The molecule has 1 aliphatic rings. The lowest BCUT2D eigenvalue weighted by molar-refractivity contribution is -0.143. The average molecular weight is 294 g/mol. The van der Waals surface area contributed by atoms with Crippen molar-refractivity contribution in [3.63, 3.8) is 0 Å². The molecule has 1 saturated heterocycles. The summed E-state index contributed by atoms with van der Waals surface area (Å²) in [5, 5.41) is 13.6. The fourth-order valence-corrected chi connectivity index (χ4v) is 3.25. The lowest BCUT2D eigenvalue weighted by Gasteiger charge is -2.39. The Morgan fingerprint density at radius 3 is 2.10 bits per heavy atom. The monoisotopic (exact) mass is 294 g/mol. The first-order valence-electron chi connectivity index (χ1n) is 7.54. The first-order chi connectivity index (χ1) is 9.82. The summed E-state index contributed by atoms with van der Waals surface area (Å²) < 4.78 is 1.93. The van der Waals surface area contributed by atoms with Gasteiger partial charge in [-0.3, -0.25) is 19.3 Å². The summed E-state index contributed by atoms with van der Waals surface area (Å²) in [5.41, 5.74) is 3.60. The molecule has 6 nitrogen and oxygen atoms in total. The minimum atomic E-state index is -0.740. The van der Waals surface area contributed by atoms with Crippen molar-refractivity contribution < 1.29 is 9.90 Å². The second kappa shape index (κ2) is 6.15. The number of carboxylic acids is 1. The SMILES string of the molecule is Cc1nn(C)c(C)c1C(C)N1CCN(C(C)C(=O)O)CC1. The number of aryl methyl sites for hydroxylation is 2. The number of aromatic nitrogens is 2. The highest BCUT2D eigenvalue weighted by Gasteiger charge is 2.29. The van der Waals surface area contributed by atoms with E-state index >= 15 is 0 Å². The number of carbonyl (C=O) groups is 1. The standard InChI is InChI=1S/C15H26N4O2/c1-10-14(11(2)17(5)16-10)12(3)18-6-8-19(9-7-18)13(4)15(20)21/h12-13H,6-9H2,1-5H3,(H,20,21). The lowest BCUT2D eigenvalue weighted by atomic mass is 10.0. The third-order valence-electron chi connectivity index (χ3n) is 4.78. The zero-order chi connectivity index (χ0) is 15.7. The molecule has 0 spiro atoms. The Hall–Kier alpha value is -1.40. The summed E-state index contributed by atoms with van der Waals surface area (Å²) in [5.74, 6) is -0.740. The van der Waals surface area contributed by atoms with E-state index in [4.69, 9.17) is 5.11 Å². The maximum Gasteiger partial charge on any atom is 0.320 e. The Bertz CT molecular complexity index is 518. The molecule has 0 saturated carbocycles. The molecule has 0 bridgehead atoms. The Morgan fingerprint density at radius 1 is 1.14 bits per heavy atom. The van der Waals surface area contributed by atoms with Crippen molar-refractivity contribution in [2.24, 2.45) is 7.05 Å². The summed E-state index contributed by atoms with van der Waals surface area (Å²) in [7, 11) is 1.98. The van der Waals surface area contributed by atoms with Crippen LogP contribution in [0.2, 0.25) is 0 Å². The van der Waals surface area contributed by atoms with Crippen LogP contribution in [0.4, 0.5) is 0 Å². The highest BCUT2D eigenvalue weighted by molar-refractivity contribution is 5.72. The third kappa shape index (κ3) is 3.11. The largest absolute Gasteiger partial charge is 0.480 e. The van der Waals surface area contributed by atoms with Crippen molar-refractivity contribution in [3.05, 3.63) is 17.0 Å². The molecule has 1 N–H and O–H groups in total. The molecule has 1 aromatic heterocycles. The summed E-state index contributed by atoms with van der Waals surface area (Å²) in [4.78, 5) is 15.5. The van der Waals surface area contributed by atoms with E-state index in [-0.39, 0.29) is 0 Å². The van der Waals surface area contributed by atoms with Crippen LogP contribution in [0, 0.1) is 13.8 Å². The summed E-state index contributed by atoms with van der Waals surface area (Å²) in [6, 6.07) is -0.0784. The molecule has 0 radical (unpaired) electrons. The van der Waals surface area contributed by atoms with Gasteiger partial charge in [0.15, 0.2) is 0 Å². The Kier molecular flexibility index (Phi) is 4.68. The molecule has 0 aromatic carbocycles. The fraction of sp³-hybridized carbons (Fsp3) is 0.733. The number of piperazine rings is 1. The van der Waals surface area contributed by atoms with Gasteiger partial charge in [0.1, 0.15) is 6.04 Å². The lowest BCUT2D eigenvalue weighted by Crippen LogP contribution is -2.52. The molecule has 118 valence electrons. The summed E-state index contributed by atoms with van der Waals surface area (Å²) in [6.07, 6.45) is 0. The first-order valence-corrected chi connectivity index (χ1v) is 7.54. The number of hydrogen-bond acceptors (Lipinski definition) is 4. The zero-order valence-corrected chi connectivity index (χ0v) is 13.6. The number of carboxylic acid groups (broad SMARTS) is 1. The maximum atomic E-state index is 11.1. The maximum absolute atomic E-state index is 11.1. The predicted octanol–water partition coefficient (Wildman–Crippen LogP) is 1.19. The normalized spacial score (nSPS) is 20.4. The highest BCUT2D eigenvalue weighted by Crippen LogP contribution is 2.27. The third-order valence-corrected chi connectivity index (χ3v) is 4.78. The highest BCUT2D eigenvalue weighted by atomic mass is 16.4. The van der Waals surface area contributed by atoms with Crippen molar-refractivity contribution in [3.8, 4) is 0 Å². The van der Waals surface area contributed by atoms with E-state index in [0.29, 0.717) is 6.04 Å². The van der Waals surface area contributed by atoms with Gasteiger partial charge in [0.2, 0.25) is 0 Å². The second-order valence-corrected chi connectivity index (χ2v) is 5.97. The molecule has 2 heterocycles. The van der Waals surface area contributed by atoms with Crippen LogP contribution in [0.25, 0.3) is 0 Å². The van der Waals surface area contributed by atoms with E-state index in [0.717, 1.165) is 31.9 Å². The fourth-order valence-electron chi connectivity index (χ4n) is 3.25. The molecule has 0 amide bonds. The molecule has 21 heavy (non-hydrogen) atoms. The van der Waals surface area contributed by atoms with Gasteiger partial charge >= 0.3 is 5.97 Å². The van der Waals surface area contributed by atoms with E-state index in [1.54, 1.807) is 6.92 Å². The molecule has 2 unspecified atom stereocenters. The van der Waals surface area contributed by atoms with Crippen molar-refractivity contribution >= 4 is 5.97 Å². The van der Waals surface area contributed by atoms with Crippen LogP contribution < -0.4 is 0 Å². The zero-order valence-electron chi connectivity index (χ0n) is 13.6. The molecule has 1 aromatic rings. The molecular formula is C15H26N4O2. The van der Waals surface area contributed by atoms with E-state index < -0.39 is 12.0 Å². The van der Waals surface area contributed by atoms with E-state index in [1.165, 1.54) is 11.3 Å². The Labute approximate surface area is 126 Å². The number of rotatable bonds is 4. The predicted molar refractivity (Wildman–Crippen MR) is 81.3 cm³/mol. The molecule has 0 aliphatic carbocycles. The summed E-state index contributed by atoms with van der Waals surface area (Å²) >= 11 is 0. The number of nitrogens with zero attached hydrogens (tertiary/aromatic N) is 4. The average Bonchev–Trinajstić information content (AvgIpc) is 2.70. The second-order valence-electron chi connectivity index (χ2n) is 5.97. The van der Waals surface area contributed by atoms with Gasteiger partial charge in [-0.15, -0.1) is 0 Å². The molecule has 1 fully saturated rings. The van der Waals surface area contributed by atoms with Crippen LogP contribution in [0.15, 0.2) is 0 Å². The molecule has 1 aliphatic heterocycles. The molecule has 2 rings (SSSR count). The van der Waals surface area contributed by atoms with E-state index in [1.807, 2.05) is 16.6 Å². The van der Waals surface area contributed by atoms with Gasteiger partial charge in [0.25, 0.3) is 0 Å². The van der Waals surface area contributed by atoms with Crippen LogP contribution >= 0.6 is 0 Å². The molecule has 6 heteroatoms. The van der Waals surface area contributed by atoms with Gasteiger partial charge in [0.05, 0.1) is 5.69 Å². The van der Waals surface area contributed by atoms with Gasteiger partial charge in [-0.25, -0.2) is 0 Å². The quantitative estimate of drug-likeness (QED) is 0.904. The molecule has 2 atom stereocenters. The van der Waals surface area contributed by atoms with Crippen molar-refractivity contribution in [2.45, 2.75) is 39.8 Å². The summed E-state index contributed by atoms with van der Waals surface area (Å²) in [6.45, 7) is 11.5. The van der Waals surface area contributed by atoms with Crippen LogP contribution in [0.3, 0.4) is 0 Å². The van der Waals surface area contributed by atoms with Crippen LogP contribution in [0.5, 0.6) is 0 Å². The van der Waals surface area contributed by atoms with Gasteiger partial charge in [-0.05, 0) is 27.7 Å². The van der Waals surface area contributed by atoms with Gasteiger partial charge < -0.3 is 5.11 Å². The van der Waals surface area contributed by atoms with Crippen LogP contribution in [-0.2, 0) is 11.8 Å². The van der Waals surface area contributed by atoms with E-state index in [9.17, 15) is 4.79 Å². The molecular weight excluding hydrogens is 268 g/mol. The first kappa shape index (κ1) is 16.0. The van der Waals surface area contributed by atoms with Crippen molar-refractivity contribution in [2.75, 3.05) is 26.2 Å². The Morgan fingerprint density at radius 2 is 1.67 bits per heavy atom. The van der Waals surface area contributed by atoms with Crippen molar-refractivity contribution in [1.29, 1.82) is 0 Å². The smallest absolute Gasteiger partial charge is 0.320 e. The topological polar surface area (TPSA) is 61.6 Å². The van der Waals surface area contributed by atoms with Crippen molar-refractivity contribution in [1.82, 2.24) is 19.6 Å². The minimum absolute atomic E-state index is 0.320. The van der Waals surface area contributed by atoms with Crippen LogP contribution in [0.1, 0.15) is 36.8 Å². The minimum Gasteiger partial charge on any atom is -0.480 e. The van der Waals surface area contributed by atoms with Gasteiger partial charge in [0, 0.05) is 50.5 Å². The van der Waals surface area contributed by atoms with E-state index in [2.05, 4.69) is 30.8 Å². The number of hydrogen-bond donors (Lipinski definition) is 1. The van der Waals surface area contributed by atoms with Gasteiger partial charge in [-0.1, -0.05) is 0 Å². The number of aliphatic carboxylic acids is 1. The Balaban J connectivity index is 2.03. The van der Waals surface area contributed by atoms with Crippen LogP contribution in [-0.4, -0.2) is 62.9 Å².